The van der Waals surface area contributed by atoms with E-state index in [1.54, 1.807) is 0 Å². The Morgan fingerprint density at radius 3 is 1.55 bits per heavy atom. The van der Waals surface area contributed by atoms with Gasteiger partial charge >= 0.3 is 0 Å². The van der Waals surface area contributed by atoms with Crippen LogP contribution < -0.4 is 15.6 Å². The van der Waals surface area contributed by atoms with Crippen molar-refractivity contribution in [1.82, 2.24) is 4.57 Å². The lowest BCUT2D eigenvalue weighted by Crippen LogP contribution is -2.66. The summed E-state index contributed by atoms with van der Waals surface area (Å²) in [5.74, 6) is 3.95. The zero-order chi connectivity index (χ0) is 36.8. The first kappa shape index (κ1) is 32.7. The number of rotatable bonds is 5. The van der Waals surface area contributed by atoms with Crippen molar-refractivity contribution >= 4 is 67.0 Å². The number of aromatic nitrogens is 1. The average Bonchev–Trinajstić information content (AvgIpc) is 3.58. The smallest absolute Gasteiger partial charge is 0.230 e. The summed E-state index contributed by atoms with van der Waals surface area (Å²) in [5, 5.41) is 11.1. The second kappa shape index (κ2) is 13.5. The molecule has 0 saturated carbocycles. The van der Waals surface area contributed by atoms with Gasteiger partial charge in [-0.3, -0.25) is 0 Å². The van der Waals surface area contributed by atoms with Crippen LogP contribution in [0.1, 0.15) is 11.1 Å². The van der Waals surface area contributed by atoms with E-state index in [0.29, 0.717) is 0 Å². The van der Waals surface area contributed by atoms with E-state index in [-0.39, 0.29) is 0 Å². The normalized spacial score (nSPS) is 11.6. The molecule has 0 atom stereocenters. The first-order valence-electron chi connectivity index (χ1n) is 18.9. The van der Waals surface area contributed by atoms with E-state index in [9.17, 15) is 0 Å². The molecule has 0 saturated heterocycles. The predicted molar refractivity (Wildman–Crippen MR) is 237 cm³/mol. The number of hydrogen-bond acceptors (Lipinski definition) is 0. The van der Waals surface area contributed by atoms with E-state index in [2.05, 4.69) is 229 Å². The Bertz CT molecular complexity index is 2980. The Hall–Kier alpha value is -6.92. The first-order valence-corrected chi connectivity index (χ1v) is 20.9. The molecule has 9 aromatic carbocycles. The van der Waals surface area contributed by atoms with Gasteiger partial charge in [0.2, 0.25) is 8.07 Å². The fourth-order valence-electron chi connectivity index (χ4n) is 8.66. The van der Waals surface area contributed by atoms with Crippen LogP contribution in [0.15, 0.2) is 206 Å². The third-order valence-electron chi connectivity index (χ3n) is 11.2. The maximum absolute atomic E-state index is 4.11. The molecule has 0 unspecified atom stereocenters. The molecule has 1 nitrogen and oxygen atoms in total. The van der Waals surface area contributed by atoms with Crippen molar-refractivity contribution in [3.05, 3.63) is 217 Å². The van der Waals surface area contributed by atoms with E-state index in [1.807, 2.05) is 0 Å². The molecular formula is C53H37NSi. The van der Waals surface area contributed by atoms with Crippen LogP contribution >= 0.6 is 0 Å². The highest BCUT2D eigenvalue weighted by Gasteiger charge is 2.38. The summed E-state index contributed by atoms with van der Waals surface area (Å²) in [4.78, 5) is 0. The summed E-state index contributed by atoms with van der Waals surface area (Å²) in [6.07, 6.45) is 0. The lowest BCUT2D eigenvalue weighted by molar-refractivity contribution is 1.18. The first-order chi connectivity index (χ1) is 27.2. The minimum Gasteiger partial charge on any atom is -0.309 e. The fourth-order valence-corrected chi connectivity index (χ4v) is 12.5. The quantitative estimate of drug-likeness (QED) is 0.0724. The summed E-state index contributed by atoms with van der Waals surface area (Å²) in [7, 11) is -2.82. The molecule has 0 spiro atoms. The van der Waals surface area contributed by atoms with Gasteiger partial charge in [0.05, 0.1) is 11.0 Å². The molecule has 0 aliphatic rings. The summed E-state index contributed by atoms with van der Waals surface area (Å²) < 4.78 is 2.38. The molecule has 1 heterocycles. The van der Waals surface area contributed by atoms with Gasteiger partial charge in [-0.05, 0) is 85.5 Å². The Morgan fingerprint density at radius 1 is 0.400 bits per heavy atom. The van der Waals surface area contributed by atoms with Crippen LogP contribution in [0.3, 0.4) is 0 Å². The third-order valence-corrected chi connectivity index (χ3v) is 15.2. The molecular weight excluding hydrogens is 679 g/mol. The Morgan fingerprint density at radius 2 is 0.909 bits per heavy atom. The summed E-state index contributed by atoms with van der Waals surface area (Å²) in [5.41, 5.74) is 12.4. The Kier molecular flexibility index (Phi) is 8.02. The van der Waals surface area contributed by atoms with Crippen molar-refractivity contribution in [2.45, 2.75) is 6.92 Å². The van der Waals surface area contributed by atoms with Crippen LogP contribution in [0.25, 0.3) is 60.2 Å². The highest BCUT2D eigenvalue weighted by Crippen LogP contribution is 2.42. The Labute approximate surface area is 322 Å². The number of hydrogen-bond donors (Lipinski definition) is 0. The topological polar surface area (TPSA) is 4.93 Å². The molecule has 258 valence electrons. The monoisotopic (exact) mass is 715 g/mol. The van der Waals surface area contributed by atoms with Gasteiger partial charge < -0.3 is 4.57 Å². The molecule has 0 aliphatic carbocycles. The van der Waals surface area contributed by atoms with Crippen LogP contribution in [-0.2, 0) is 0 Å². The van der Waals surface area contributed by atoms with Gasteiger partial charge in [0.1, 0.15) is 0 Å². The van der Waals surface area contributed by atoms with Crippen molar-refractivity contribution in [3.63, 3.8) is 0 Å². The van der Waals surface area contributed by atoms with Crippen LogP contribution in [0, 0.1) is 18.4 Å². The number of benzene rings is 9. The highest BCUT2D eigenvalue weighted by atomic mass is 28.3. The molecule has 0 amide bonds. The van der Waals surface area contributed by atoms with Crippen LogP contribution in [0.2, 0.25) is 0 Å². The van der Waals surface area contributed by atoms with Crippen molar-refractivity contribution in [2.75, 3.05) is 0 Å². The van der Waals surface area contributed by atoms with E-state index in [1.165, 1.54) is 75.6 Å². The van der Waals surface area contributed by atoms with E-state index < -0.39 is 8.07 Å². The minimum atomic E-state index is -2.82. The molecule has 0 radical (unpaired) electrons. The average molecular weight is 716 g/mol. The molecule has 0 fully saturated rings. The van der Waals surface area contributed by atoms with Gasteiger partial charge in [0.15, 0.2) is 0 Å². The standard InChI is InChI=1S/C53H37NSi/c1-38-30-32-45-46(34-35-55(41-20-8-3-9-21-41,42-22-10-4-11-23-42)43-24-12-5-13-25-43)44-26-14-15-28-48(44)53(50(45)36-38)39-31-33-52-49(37-39)47-27-16-17-29-51(47)54(52)40-18-6-2-7-19-40/h2-33,36-37H,1H3. The van der Waals surface area contributed by atoms with Crippen LogP contribution in [0.4, 0.5) is 0 Å². The largest absolute Gasteiger partial charge is 0.309 e. The molecule has 55 heavy (non-hydrogen) atoms. The molecule has 0 bridgehead atoms. The number of nitrogens with zero attached hydrogens (tertiary/aromatic N) is 1. The van der Waals surface area contributed by atoms with Gasteiger partial charge in [0.25, 0.3) is 0 Å². The van der Waals surface area contributed by atoms with Gasteiger partial charge in [0, 0.05) is 22.0 Å². The lowest BCUT2D eigenvalue weighted by atomic mass is 9.87. The van der Waals surface area contributed by atoms with E-state index in [0.717, 1.165) is 11.3 Å². The minimum absolute atomic E-state index is 1.08. The van der Waals surface area contributed by atoms with Gasteiger partial charge in [-0.2, -0.15) is 0 Å². The van der Waals surface area contributed by atoms with Gasteiger partial charge in [-0.15, -0.1) is 5.54 Å². The molecule has 2 heteroatoms. The second-order valence-corrected chi connectivity index (χ2v) is 17.8. The molecule has 10 rings (SSSR count). The van der Waals surface area contributed by atoms with Gasteiger partial charge in [-0.25, -0.2) is 0 Å². The molecule has 0 aliphatic heterocycles. The predicted octanol–water partition coefficient (Wildman–Crippen LogP) is 11.1. The second-order valence-electron chi connectivity index (χ2n) is 14.4. The third kappa shape index (κ3) is 5.40. The summed E-state index contributed by atoms with van der Waals surface area (Å²) in [6, 6.07) is 75.1. The van der Waals surface area contributed by atoms with E-state index in [4.69, 9.17) is 0 Å². The number of aryl methyl sites for hydroxylation is 1. The maximum Gasteiger partial charge on any atom is 0.230 e. The molecule has 10 aromatic rings. The van der Waals surface area contributed by atoms with Crippen molar-refractivity contribution in [2.24, 2.45) is 0 Å². The number of para-hydroxylation sites is 2. The summed E-state index contributed by atoms with van der Waals surface area (Å²) in [6.45, 7) is 2.19. The fraction of sp³-hybridized carbons (Fsp3) is 0.0189. The molecule has 1 aromatic heterocycles. The van der Waals surface area contributed by atoms with E-state index >= 15 is 0 Å². The maximum atomic E-state index is 4.11. The number of fused-ring (bicyclic) bond motifs is 5. The Balaban J connectivity index is 1.27. The van der Waals surface area contributed by atoms with Crippen molar-refractivity contribution < 1.29 is 0 Å². The van der Waals surface area contributed by atoms with Crippen molar-refractivity contribution in [3.8, 4) is 28.3 Å². The zero-order valence-electron chi connectivity index (χ0n) is 30.6. The molecule has 0 N–H and O–H groups in total. The highest BCUT2D eigenvalue weighted by molar-refractivity contribution is 7.16. The van der Waals surface area contributed by atoms with Crippen molar-refractivity contribution in [1.29, 1.82) is 0 Å². The SMILES string of the molecule is Cc1ccc2c(C#C[Si](c3ccccc3)(c3ccccc3)c3ccccc3)c3ccccc3c(-c3ccc4c(c3)c3ccccc3n4-c3ccccc3)c2c1. The zero-order valence-corrected chi connectivity index (χ0v) is 31.6. The lowest BCUT2D eigenvalue weighted by Gasteiger charge is -2.28. The van der Waals surface area contributed by atoms with Crippen LogP contribution in [-0.4, -0.2) is 12.6 Å². The summed E-state index contributed by atoms with van der Waals surface area (Å²) >= 11 is 0. The van der Waals surface area contributed by atoms with Crippen LogP contribution in [0.5, 0.6) is 0 Å². The van der Waals surface area contributed by atoms with Gasteiger partial charge in [-0.1, -0.05) is 187 Å².